The predicted molar refractivity (Wildman–Crippen MR) is 73.5 cm³/mol. The first-order chi connectivity index (χ1) is 8.45. The quantitative estimate of drug-likeness (QED) is 0.695. The van der Waals surface area contributed by atoms with Crippen LogP contribution in [0.5, 0.6) is 0 Å². The number of nitrogens with two attached hydrogens (primary N) is 1. The Morgan fingerprint density at radius 1 is 1.39 bits per heavy atom. The molecule has 0 radical (unpaired) electrons. The minimum absolute atomic E-state index is 0.107. The molecule has 18 heavy (non-hydrogen) atoms. The van der Waals surface area contributed by atoms with E-state index in [1.807, 2.05) is 26.8 Å². The number of aliphatic hydroxyl groups excluding tert-OH is 1. The van der Waals surface area contributed by atoms with Crippen molar-refractivity contribution in [1.82, 2.24) is 5.32 Å². The zero-order valence-corrected chi connectivity index (χ0v) is 11.3. The van der Waals surface area contributed by atoms with Crippen molar-refractivity contribution in [3.63, 3.8) is 0 Å². The van der Waals surface area contributed by atoms with Gasteiger partial charge in [0.2, 0.25) is 0 Å². The van der Waals surface area contributed by atoms with Crippen molar-refractivity contribution in [2.75, 3.05) is 18.9 Å². The second-order valence-electron chi connectivity index (χ2n) is 4.85. The maximum atomic E-state index is 12.0. The molecule has 4 nitrogen and oxygen atoms in total. The highest BCUT2D eigenvalue weighted by atomic mass is 16.3. The number of nitrogen functional groups attached to an aromatic ring is 1. The summed E-state index contributed by atoms with van der Waals surface area (Å²) < 4.78 is 0. The van der Waals surface area contributed by atoms with Gasteiger partial charge in [0.05, 0.1) is 0 Å². The van der Waals surface area contributed by atoms with Gasteiger partial charge in [0.1, 0.15) is 0 Å². The Morgan fingerprint density at radius 2 is 2.06 bits per heavy atom. The van der Waals surface area contributed by atoms with E-state index in [4.69, 9.17) is 10.8 Å². The highest BCUT2D eigenvalue weighted by Gasteiger charge is 2.11. The smallest absolute Gasteiger partial charge is 0.251 e. The topological polar surface area (TPSA) is 75.3 Å². The maximum Gasteiger partial charge on any atom is 0.251 e. The Bertz CT molecular complexity index is 430. The molecule has 100 valence electrons. The van der Waals surface area contributed by atoms with Crippen LogP contribution in [0.1, 0.15) is 34.8 Å². The molecule has 0 heterocycles. The van der Waals surface area contributed by atoms with Crippen LogP contribution < -0.4 is 11.1 Å². The van der Waals surface area contributed by atoms with Crippen molar-refractivity contribution in [1.29, 1.82) is 0 Å². The van der Waals surface area contributed by atoms with Gasteiger partial charge in [-0.3, -0.25) is 4.79 Å². The predicted octanol–water partition coefficient (Wildman–Crippen LogP) is 1.63. The number of aliphatic hydroxyl groups is 1. The molecule has 0 saturated heterocycles. The van der Waals surface area contributed by atoms with Gasteiger partial charge in [-0.2, -0.15) is 0 Å². The third-order valence-electron chi connectivity index (χ3n) is 3.09. The fraction of sp³-hybridized carbons (Fsp3) is 0.500. The van der Waals surface area contributed by atoms with E-state index in [1.165, 1.54) is 0 Å². The lowest BCUT2D eigenvalue weighted by molar-refractivity contribution is 0.0945. The number of carbonyl (C=O) groups excluding carboxylic acids is 1. The van der Waals surface area contributed by atoms with Gasteiger partial charge in [0.15, 0.2) is 0 Å². The van der Waals surface area contributed by atoms with Crippen LogP contribution >= 0.6 is 0 Å². The van der Waals surface area contributed by atoms with Crippen molar-refractivity contribution in [3.8, 4) is 0 Å². The van der Waals surface area contributed by atoms with E-state index in [9.17, 15) is 4.79 Å². The second-order valence-corrected chi connectivity index (χ2v) is 4.85. The molecule has 0 saturated carbocycles. The van der Waals surface area contributed by atoms with E-state index < -0.39 is 0 Å². The van der Waals surface area contributed by atoms with Gasteiger partial charge in [0.25, 0.3) is 5.91 Å². The van der Waals surface area contributed by atoms with Gasteiger partial charge in [-0.25, -0.2) is 0 Å². The van der Waals surface area contributed by atoms with Crippen LogP contribution in [0, 0.1) is 19.8 Å². The average molecular weight is 250 g/mol. The first kappa shape index (κ1) is 14.5. The summed E-state index contributed by atoms with van der Waals surface area (Å²) in [6, 6.07) is 3.64. The van der Waals surface area contributed by atoms with Crippen molar-refractivity contribution in [2.24, 2.45) is 5.92 Å². The molecule has 1 aromatic carbocycles. The number of aryl methyl sites for hydroxylation is 2. The number of nitrogens with one attached hydrogen (secondary N) is 1. The molecule has 4 heteroatoms. The van der Waals surface area contributed by atoms with Crippen LogP contribution in [-0.4, -0.2) is 24.2 Å². The minimum atomic E-state index is -0.107. The number of hydrogen-bond acceptors (Lipinski definition) is 3. The monoisotopic (exact) mass is 250 g/mol. The molecule has 1 unspecified atom stereocenters. The van der Waals surface area contributed by atoms with Crippen LogP contribution in [-0.2, 0) is 0 Å². The Kier molecular flexibility index (Phi) is 5.16. The first-order valence-corrected chi connectivity index (χ1v) is 6.21. The normalized spacial score (nSPS) is 12.2. The summed E-state index contributed by atoms with van der Waals surface area (Å²) in [7, 11) is 0. The number of hydrogen-bond donors (Lipinski definition) is 3. The molecule has 0 aliphatic heterocycles. The fourth-order valence-electron chi connectivity index (χ4n) is 1.80. The number of benzene rings is 1. The maximum absolute atomic E-state index is 12.0. The lowest BCUT2D eigenvalue weighted by atomic mass is 10.0. The SMILES string of the molecule is Cc1cc(C)c(C(=O)NCC(C)CCO)cc1N. The van der Waals surface area contributed by atoms with Crippen molar-refractivity contribution >= 4 is 11.6 Å². The summed E-state index contributed by atoms with van der Waals surface area (Å²) >= 11 is 0. The standard InChI is InChI=1S/C14H22N2O2/c1-9(4-5-17)8-16-14(18)12-7-13(15)11(3)6-10(12)2/h6-7,9,17H,4-5,8,15H2,1-3H3,(H,16,18). The third kappa shape index (κ3) is 3.74. The van der Waals surface area contributed by atoms with Gasteiger partial charge in [-0.05, 0) is 43.4 Å². The fourth-order valence-corrected chi connectivity index (χ4v) is 1.80. The van der Waals surface area contributed by atoms with Gasteiger partial charge < -0.3 is 16.2 Å². The average Bonchev–Trinajstić information content (AvgIpc) is 2.31. The summed E-state index contributed by atoms with van der Waals surface area (Å²) in [6.45, 7) is 6.53. The summed E-state index contributed by atoms with van der Waals surface area (Å²) in [6.07, 6.45) is 0.690. The summed E-state index contributed by atoms with van der Waals surface area (Å²) in [5, 5.41) is 11.7. The third-order valence-corrected chi connectivity index (χ3v) is 3.09. The molecule has 0 bridgehead atoms. The zero-order chi connectivity index (χ0) is 13.7. The highest BCUT2D eigenvalue weighted by molar-refractivity contribution is 5.96. The van der Waals surface area contributed by atoms with Crippen molar-refractivity contribution in [3.05, 3.63) is 28.8 Å². The summed E-state index contributed by atoms with van der Waals surface area (Å²) in [4.78, 5) is 12.0. The number of amides is 1. The van der Waals surface area contributed by atoms with E-state index in [1.54, 1.807) is 6.07 Å². The van der Waals surface area contributed by atoms with Crippen LogP contribution in [0.25, 0.3) is 0 Å². The summed E-state index contributed by atoms with van der Waals surface area (Å²) in [5.74, 6) is 0.158. The zero-order valence-electron chi connectivity index (χ0n) is 11.3. The van der Waals surface area contributed by atoms with E-state index in [0.29, 0.717) is 24.2 Å². The molecule has 1 atom stereocenters. The minimum Gasteiger partial charge on any atom is -0.398 e. The number of carbonyl (C=O) groups is 1. The van der Waals surface area contributed by atoms with Crippen molar-refractivity contribution in [2.45, 2.75) is 27.2 Å². The molecular weight excluding hydrogens is 228 g/mol. The molecular formula is C14H22N2O2. The van der Waals surface area contributed by atoms with Crippen LogP contribution in [0.3, 0.4) is 0 Å². The molecule has 1 rings (SSSR count). The molecule has 1 amide bonds. The number of anilines is 1. The van der Waals surface area contributed by atoms with Crippen molar-refractivity contribution < 1.29 is 9.90 Å². The highest BCUT2D eigenvalue weighted by Crippen LogP contribution is 2.17. The Morgan fingerprint density at radius 3 is 2.67 bits per heavy atom. The largest absolute Gasteiger partial charge is 0.398 e. The van der Waals surface area contributed by atoms with E-state index in [0.717, 1.165) is 11.1 Å². The number of rotatable bonds is 5. The lowest BCUT2D eigenvalue weighted by Gasteiger charge is -2.13. The van der Waals surface area contributed by atoms with Crippen LogP contribution in [0.15, 0.2) is 12.1 Å². The van der Waals surface area contributed by atoms with Crippen LogP contribution in [0.4, 0.5) is 5.69 Å². The molecule has 0 aliphatic rings. The molecule has 0 spiro atoms. The molecule has 4 N–H and O–H groups in total. The first-order valence-electron chi connectivity index (χ1n) is 6.21. The van der Waals surface area contributed by atoms with E-state index in [2.05, 4.69) is 5.32 Å². The Hall–Kier alpha value is -1.55. The summed E-state index contributed by atoms with van der Waals surface area (Å²) in [5.41, 5.74) is 8.98. The molecule has 0 aliphatic carbocycles. The Labute approximate surface area is 108 Å². The van der Waals surface area contributed by atoms with Crippen LogP contribution in [0.2, 0.25) is 0 Å². The second kappa shape index (κ2) is 6.40. The Balaban J connectivity index is 2.70. The molecule has 0 fully saturated rings. The van der Waals surface area contributed by atoms with Gasteiger partial charge in [-0.15, -0.1) is 0 Å². The van der Waals surface area contributed by atoms with Gasteiger partial charge in [-0.1, -0.05) is 13.0 Å². The van der Waals surface area contributed by atoms with Gasteiger partial charge >= 0.3 is 0 Å². The lowest BCUT2D eigenvalue weighted by Crippen LogP contribution is -2.29. The van der Waals surface area contributed by atoms with E-state index in [-0.39, 0.29) is 18.4 Å². The molecule has 0 aromatic heterocycles. The van der Waals surface area contributed by atoms with E-state index >= 15 is 0 Å². The van der Waals surface area contributed by atoms with Gasteiger partial charge in [0, 0.05) is 24.4 Å². The molecule has 1 aromatic rings.